The van der Waals surface area contributed by atoms with E-state index in [2.05, 4.69) is 63.9 Å². The fourth-order valence-electron chi connectivity index (χ4n) is 5.76. The van der Waals surface area contributed by atoms with Crippen LogP contribution in [0.15, 0.2) is 54.9 Å². The average molecular weight is 685 g/mol. The van der Waals surface area contributed by atoms with E-state index in [9.17, 15) is 4.79 Å². The molecule has 0 aliphatic carbocycles. The number of nitrogens with one attached hydrogen (secondary N) is 1. The Morgan fingerprint density at radius 1 is 1.06 bits per heavy atom. The molecule has 48 heavy (non-hydrogen) atoms. The van der Waals surface area contributed by atoms with E-state index in [1.54, 1.807) is 4.90 Å². The van der Waals surface area contributed by atoms with Crippen LogP contribution in [0.3, 0.4) is 0 Å². The van der Waals surface area contributed by atoms with Gasteiger partial charge in [0.05, 0.1) is 5.69 Å². The molecule has 2 atom stereocenters. The number of piperidine rings is 1. The highest BCUT2D eigenvalue weighted by Crippen LogP contribution is 2.34. The number of hydrogen-bond acceptors (Lipinski definition) is 10. The van der Waals surface area contributed by atoms with E-state index in [4.69, 9.17) is 19.4 Å². The lowest BCUT2D eigenvalue weighted by Crippen LogP contribution is -2.50. The molecule has 0 unspecified atom stereocenters. The Morgan fingerprint density at radius 2 is 1.88 bits per heavy atom. The van der Waals surface area contributed by atoms with Crippen molar-refractivity contribution in [1.82, 2.24) is 34.6 Å². The van der Waals surface area contributed by atoms with Crippen molar-refractivity contribution >= 4 is 42.5 Å². The summed E-state index contributed by atoms with van der Waals surface area (Å²) in [4.78, 5) is 29.6. The third-order valence-corrected chi connectivity index (χ3v) is 11.1. The minimum Gasteiger partial charge on any atom is -0.445 e. The van der Waals surface area contributed by atoms with Gasteiger partial charge in [-0.2, -0.15) is 0 Å². The van der Waals surface area contributed by atoms with Crippen LogP contribution in [-0.4, -0.2) is 74.0 Å². The van der Waals surface area contributed by atoms with E-state index < -0.39 is 8.07 Å². The summed E-state index contributed by atoms with van der Waals surface area (Å²) in [6.07, 6.45) is 5.36. The van der Waals surface area contributed by atoms with Crippen molar-refractivity contribution in [2.45, 2.75) is 84.7 Å². The number of likely N-dealkylation sites (tertiary alicyclic amines) is 1. The number of hydrogen-bond donors (Lipinski definition) is 1. The summed E-state index contributed by atoms with van der Waals surface area (Å²) in [6, 6.07) is 15.0. The van der Waals surface area contributed by atoms with Crippen LogP contribution in [0.25, 0.3) is 33.0 Å². The molecule has 5 heterocycles. The Kier molecular flexibility index (Phi) is 10.2. The van der Waals surface area contributed by atoms with Gasteiger partial charge in [-0.3, -0.25) is 0 Å². The van der Waals surface area contributed by atoms with Crippen molar-refractivity contribution in [3.63, 3.8) is 0 Å². The number of benzene rings is 1. The Bertz CT molecular complexity index is 1870. The van der Waals surface area contributed by atoms with Gasteiger partial charge in [0.15, 0.2) is 5.01 Å². The zero-order valence-electron chi connectivity index (χ0n) is 28.6. The number of fused-ring (bicyclic) bond motifs is 1. The normalized spacial score (nSPS) is 16.8. The average Bonchev–Trinajstić information content (AvgIpc) is 3.67. The second kappa shape index (κ2) is 14.5. The van der Waals surface area contributed by atoms with E-state index in [0.29, 0.717) is 25.8 Å². The van der Waals surface area contributed by atoms with Crippen molar-refractivity contribution in [3.05, 3.63) is 71.0 Å². The maximum Gasteiger partial charge on any atom is 0.410 e. The molecule has 4 aromatic heterocycles. The number of carbonyl (C=O) groups is 1. The number of rotatable bonds is 11. The first-order chi connectivity index (χ1) is 23.0. The van der Waals surface area contributed by atoms with Crippen LogP contribution in [0.2, 0.25) is 25.7 Å². The van der Waals surface area contributed by atoms with E-state index >= 15 is 0 Å². The molecular formula is C35H44N8O3SSi. The van der Waals surface area contributed by atoms with Crippen LogP contribution in [0, 0.1) is 13.8 Å². The summed E-state index contributed by atoms with van der Waals surface area (Å²) in [7, 11) is -1.23. The molecule has 1 aromatic carbocycles. The molecule has 1 amide bonds. The number of nitrogens with zero attached hydrogens (tertiary/aromatic N) is 7. The molecule has 1 saturated heterocycles. The molecule has 1 fully saturated rings. The predicted octanol–water partition coefficient (Wildman–Crippen LogP) is 7.54. The van der Waals surface area contributed by atoms with Gasteiger partial charge in [0.1, 0.15) is 29.7 Å². The maximum atomic E-state index is 13.1. The SMILES string of the molecule is Cc1nnc(-c2ccc3c(-c4nc(N[C@H]5CC[C@H](C)N(C(=O)OCc6ccccc6)C5)ncc4C)cn(COCC[Si](C)(C)C)c3n2)s1. The molecule has 252 valence electrons. The van der Waals surface area contributed by atoms with Crippen molar-refractivity contribution in [3.8, 4) is 22.0 Å². The first-order valence-corrected chi connectivity index (χ1v) is 21.0. The molecule has 1 aliphatic heterocycles. The lowest BCUT2D eigenvalue weighted by molar-refractivity contribution is 0.0695. The molecule has 0 bridgehead atoms. The van der Waals surface area contributed by atoms with Gasteiger partial charge >= 0.3 is 6.09 Å². The number of amides is 1. The van der Waals surface area contributed by atoms with Crippen LogP contribution in [0.4, 0.5) is 10.7 Å². The smallest absolute Gasteiger partial charge is 0.410 e. The summed E-state index contributed by atoms with van der Waals surface area (Å²) < 4.78 is 13.9. The second-order valence-corrected chi connectivity index (χ2v) is 20.5. The Hall–Kier alpha value is -4.20. The molecule has 5 aromatic rings. The van der Waals surface area contributed by atoms with Crippen LogP contribution < -0.4 is 5.32 Å². The Labute approximate surface area is 286 Å². The minimum absolute atomic E-state index is 0.0123. The summed E-state index contributed by atoms with van der Waals surface area (Å²) in [5, 5.41) is 14.7. The standard InChI is InChI=1S/C35H44N8O3SSi/c1-23-18-36-34(37-27-13-12-24(2)43(19-27)35(44)46-21-26-10-8-7-9-11-26)39-31(23)29-20-42(22-45-16-17-48(4,5)6)32-28(29)14-15-30(38-32)33-41-40-25(3)47-33/h7-11,14-15,18,20,24,27H,12-13,16-17,19,21-22H2,1-6H3,(H,36,37,39)/t24-,27-/m0/s1. The first-order valence-electron chi connectivity index (χ1n) is 16.5. The number of aryl methyl sites for hydroxylation is 2. The van der Waals surface area contributed by atoms with Crippen molar-refractivity contribution in [2.75, 3.05) is 18.5 Å². The van der Waals surface area contributed by atoms with E-state index in [1.165, 1.54) is 11.3 Å². The first kappa shape index (κ1) is 33.7. The number of aromatic nitrogens is 6. The Balaban J connectivity index is 1.23. The topological polar surface area (TPSA) is 120 Å². The van der Waals surface area contributed by atoms with Gasteiger partial charge in [0.25, 0.3) is 0 Å². The lowest BCUT2D eigenvalue weighted by atomic mass is 10.00. The highest BCUT2D eigenvalue weighted by atomic mass is 32.1. The van der Waals surface area contributed by atoms with Crippen LogP contribution in [0.1, 0.15) is 35.9 Å². The quantitative estimate of drug-likeness (QED) is 0.111. The zero-order valence-corrected chi connectivity index (χ0v) is 30.4. The maximum absolute atomic E-state index is 13.1. The van der Waals surface area contributed by atoms with Crippen LogP contribution in [0.5, 0.6) is 0 Å². The van der Waals surface area contributed by atoms with Gasteiger partial charge in [-0.05, 0) is 62.9 Å². The molecule has 6 rings (SSSR count). The van der Waals surface area contributed by atoms with Gasteiger partial charge in [-0.1, -0.05) is 61.3 Å². The monoisotopic (exact) mass is 684 g/mol. The number of anilines is 1. The molecule has 11 nitrogen and oxygen atoms in total. The summed E-state index contributed by atoms with van der Waals surface area (Å²) >= 11 is 1.53. The largest absolute Gasteiger partial charge is 0.445 e. The fourth-order valence-corrected chi connectivity index (χ4v) is 7.18. The van der Waals surface area contributed by atoms with Crippen molar-refractivity contribution in [1.29, 1.82) is 0 Å². The third-order valence-electron chi connectivity index (χ3n) is 8.58. The number of pyridine rings is 1. The second-order valence-electron chi connectivity index (χ2n) is 13.7. The molecule has 0 radical (unpaired) electrons. The predicted molar refractivity (Wildman–Crippen MR) is 193 cm³/mol. The van der Waals surface area contributed by atoms with Crippen LogP contribution in [-0.2, 0) is 22.8 Å². The summed E-state index contributed by atoms with van der Waals surface area (Å²) in [5.74, 6) is 0.522. The van der Waals surface area contributed by atoms with E-state index in [-0.39, 0.29) is 24.8 Å². The highest BCUT2D eigenvalue weighted by Gasteiger charge is 2.31. The van der Waals surface area contributed by atoms with Gasteiger partial charge in [0.2, 0.25) is 5.95 Å². The summed E-state index contributed by atoms with van der Waals surface area (Å²) in [6.45, 7) is 14.9. The van der Waals surface area contributed by atoms with Gasteiger partial charge in [0, 0.05) is 56.7 Å². The summed E-state index contributed by atoms with van der Waals surface area (Å²) in [5.41, 5.74) is 5.28. The van der Waals surface area contributed by atoms with Crippen molar-refractivity contribution < 1.29 is 14.3 Å². The van der Waals surface area contributed by atoms with E-state index in [0.717, 1.165) is 68.0 Å². The van der Waals surface area contributed by atoms with Gasteiger partial charge < -0.3 is 24.3 Å². The van der Waals surface area contributed by atoms with Crippen molar-refractivity contribution in [2.24, 2.45) is 0 Å². The molecule has 0 spiro atoms. The van der Waals surface area contributed by atoms with Gasteiger partial charge in [-0.15, -0.1) is 10.2 Å². The van der Waals surface area contributed by atoms with Crippen LogP contribution >= 0.6 is 11.3 Å². The third kappa shape index (κ3) is 8.08. The molecule has 0 saturated carbocycles. The molecule has 13 heteroatoms. The molecule has 1 aliphatic rings. The lowest BCUT2D eigenvalue weighted by Gasteiger charge is -2.37. The zero-order chi connectivity index (χ0) is 33.8. The number of carbonyl (C=O) groups excluding carboxylic acids is 1. The molecular weight excluding hydrogens is 641 g/mol. The Morgan fingerprint density at radius 3 is 2.62 bits per heavy atom. The molecule has 1 N–H and O–H groups in total. The minimum atomic E-state index is -1.23. The fraction of sp³-hybridized carbons (Fsp3) is 0.429. The number of ether oxygens (including phenoxy) is 2. The van der Waals surface area contributed by atoms with Gasteiger partial charge in [-0.25, -0.2) is 19.7 Å². The highest BCUT2D eigenvalue weighted by molar-refractivity contribution is 7.14. The van der Waals surface area contributed by atoms with E-state index in [1.807, 2.05) is 56.4 Å².